The number of amides is 2. The minimum absolute atomic E-state index is 0.466. The lowest BCUT2D eigenvalue weighted by atomic mass is 10.1. The number of carbonyl (C=O) groups excluding carboxylic acids is 2. The topological polar surface area (TPSA) is 67.4 Å². The summed E-state index contributed by atoms with van der Waals surface area (Å²) < 4.78 is 5.16. The van der Waals surface area contributed by atoms with Crippen molar-refractivity contribution in [3.63, 3.8) is 0 Å². The van der Waals surface area contributed by atoms with Gasteiger partial charge in [0, 0.05) is 5.69 Å². The molecule has 2 amide bonds. The summed E-state index contributed by atoms with van der Waals surface area (Å²) in [7, 11) is 1.51. The molecule has 2 aromatic carbocycles. The Hall–Kier alpha value is -2.82. The van der Waals surface area contributed by atoms with E-state index in [1.165, 1.54) is 12.7 Å². The maximum atomic E-state index is 12.2. The van der Waals surface area contributed by atoms with Gasteiger partial charge in [0.05, 0.1) is 12.8 Å². The number of ether oxygens (including phenoxy) is 1. The van der Waals surface area contributed by atoms with E-state index >= 15 is 0 Å². The Morgan fingerprint density at radius 2 is 1.61 bits per heavy atom. The number of para-hydroxylation sites is 2. The predicted molar refractivity (Wildman–Crippen MR) is 88.7 cm³/mol. The fraction of sp³-hybridized carbons (Fsp3) is 0.222. The maximum absolute atomic E-state index is 12.2. The van der Waals surface area contributed by atoms with Gasteiger partial charge >= 0.3 is 11.8 Å². The number of anilines is 2. The molecule has 0 fully saturated rings. The second-order valence-corrected chi connectivity index (χ2v) is 5.41. The van der Waals surface area contributed by atoms with Gasteiger partial charge in [0.15, 0.2) is 0 Å². The maximum Gasteiger partial charge on any atom is 0.314 e. The van der Waals surface area contributed by atoms with Crippen LogP contribution < -0.4 is 15.4 Å². The average molecular weight is 310 g/mol. The largest absolute Gasteiger partial charge is 0.495 e. The number of carbonyl (C=O) groups is 2. The van der Waals surface area contributed by atoms with Crippen molar-refractivity contribution in [1.82, 2.24) is 0 Å². The van der Waals surface area contributed by atoms with Gasteiger partial charge < -0.3 is 15.4 Å². The van der Waals surface area contributed by atoms with Gasteiger partial charge in [0.1, 0.15) is 5.75 Å². The summed E-state index contributed by atoms with van der Waals surface area (Å²) in [6, 6.07) is 12.8. The van der Waals surface area contributed by atoms with Crippen LogP contribution in [0.25, 0.3) is 0 Å². The Morgan fingerprint density at radius 1 is 0.913 bits per heavy atom. The predicted octanol–water partition coefficient (Wildman–Crippen LogP) is 2.76. The lowest BCUT2D eigenvalue weighted by molar-refractivity contribution is -0.133. The third kappa shape index (κ3) is 3.18. The van der Waals surface area contributed by atoms with E-state index in [2.05, 4.69) is 16.7 Å². The van der Waals surface area contributed by atoms with E-state index in [0.717, 1.165) is 30.5 Å². The van der Waals surface area contributed by atoms with Gasteiger partial charge in [-0.15, -0.1) is 0 Å². The third-order valence-electron chi connectivity index (χ3n) is 3.96. The van der Waals surface area contributed by atoms with Gasteiger partial charge in [0.2, 0.25) is 0 Å². The van der Waals surface area contributed by atoms with E-state index in [1.807, 2.05) is 12.1 Å². The molecule has 0 bridgehead atoms. The van der Waals surface area contributed by atoms with Crippen molar-refractivity contribution in [2.24, 2.45) is 0 Å². The van der Waals surface area contributed by atoms with Crippen LogP contribution in [0.5, 0.6) is 5.75 Å². The number of fused-ring (bicyclic) bond motifs is 1. The molecule has 118 valence electrons. The Labute approximate surface area is 134 Å². The molecule has 0 heterocycles. The van der Waals surface area contributed by atoms with Crippen LogP contribution in [0.3, 0.4) is 0 Å². The minimum atomic E-state index is -0.717. The molecule has 0 atom stereocenters. The number of benzene rings is 2. The van der Waals surface area contributed by atoms with Crippen molar-refractivity contribution in [2.45, 2.75) is 19.3 Å². The summed E-state index contributed by atoms with van der Waals surface area (Å²) in [4.78, 5) is 24.3. The zero-order valence-electron chi connectivity index (χ0n) is 12.9. The highest BCUT2D eigenvalue weighted by Crippen LogP contribution is 2.29. The van der Waals surface area contributed by atoms with Crippen LogP contribution in [0.1, 0.15) is 17.5 Å². The number of rotatable bonds is 3. The zero-order valence-corrected chi connectivity index (χ0v) is 12.9. The highest BCUT2D eigenvalue weighted by molar-refractivity contribution is 6.43. The van der Waals surface area contributed by atoms with Gasteiger partial charge in [-0.25, -0.2) is 0 Å². The monoisotopic (exact) mass is 310 g/mol. The van der Waals surface area contributed by atoms with E-state index in [9.17, 15) is 9.59 Å². The number of hydrogen-bond acceptors (Lipinski definition) is 3. The first kappa shape index (κ1) is 15.1. The first-order valence-electron chi connectivity index (χ1n) is 7.55. The van der Waals surface area contributed by atoms with Gasteiger partial charge in [0.25, 0.3) is 0 Å². The normalized spacial score (nSPS) is 12.4. The molecule has 1 aliphatic rings. The lowest BCUT2D eigenvalue weighted by Gasteiger charge is -2.12. The Morgan fingerprint density at radius 3 is 2.39 bits per heavy atom. The van der Waals surface area contributed by atoms with Crippen molar-refractivity contribution in [1.29, 1.82) is 0 Å². The summed E-state index contributed by atoms with van der Waals surface area (Å²) in [6.45, 7) is 0. The van der Waals surface area contributed by atoms with Crippen molar-refractivity contribution in [3.8, 4) is 5.75 Å². The molecule has 0 saturated heterocycles. The summed E-state index contributed by atoms with van der Waals surface area (Å²) >= 11 is 0. The molecule has 0 aliphatic heterocycles. The molecule has 3 rings (SSSR count). The van der Waals surface area contributed by atoms with Crippen LogP contribution in [-0.4, -0.2) is 18.9 Å². The van der Waals surface area contributed by atoms with Crippen LogP contribution in [0, 0.1) is 0 Å². The van der Waals surface area contributed by atoms with Crippen molar-refractivity contribution in [2.75, 3.05) is 17.7 Å². The summed E-state index contributed by atoms with van der Waals surface area (Å²) in [6.07, 6.45) is 3.03. The van der Waals surface area contributed by atoms with E-state index in [0.29, 0.717) is 11.4 Å². The Balaban J connectivity index is 1.71. The number of hydrogen-bond donors (Lipinski definition) is 2. The molecular weight excluding hydrogens is 292 g/mol. The molecular formula is C18H18N2O3. The molecule has 2 N–H and O–H groups in total. The highest BCUT2D eigenvalue weighted by atomic mass is 16.5. The van der Waals surface area contributed by atoms with E-state index < -0.39 is 11.8 Å². The molecule has 0 radical (unpaired) electrons. The zero-order chi connectivity index (χ0) is 16.2. The van der Waals surface area contributed by atoms with Crippen LogP contribution in [0.2, 0.25) is 0 Å². The third-order valence-corrected chi connectivity index (χ3v) is 3.96. The van der Waals surface area contributed by atoms with E-state index in [-0.39, 0.29) is 0 Å². The van der Waals surface area contributed by atoms with Crippen molar-refractivity contribution >= 4 is 23.2 Å². The molecule has 23 heavy (non-hydrogen) atoms. The number of methoxy groups -OCH3 is 1. The van der Waals surface area contributed by atoms with Crippen LogP contribution in [0.4, 0.5) is 11.4 Å². The Bertz CT molecular complexity index is 756. The number of nitrogens with one attached hydrogen (secondary N) is 2. The van der Waals surface area contributed by atoms with Crippen molar-refractivity contribution in [3.05, 3.63) is 53.6 Å². The number of aryl methyl sites for hydroxylation is 1. The quantitative estimate of drug-likeness (QED) is 0.857. The smallest absolute Gasteiger partial charge is 0.314 e. The second-order valence-electron chi connectivity index (χ2n) is 5.41. The van der Waals surface area contributed by atoms with Crippen molar-refractivity contribution < 1.29 is 14.3 Å². The van der Waals surface area contributed by atoms with Gasteiger partial charge in [-0.05, 0) is 48.6 Å². The standard InChI is InChI=1S/C18H18N2O3/c1-23-16-11-3-2-9-15(16)20-18(22)17(21)19-14-10-5-7-12-6-4-8-13(12)14/h2-3,5,7,9-11H,4,6,8H2,1H3,(H,19,21)(H,20,22). The molecule has 0 spiro atoms. The molecule has 0 saturated carbocycles. The van der Waals surface area contributed by atoms with Gasteiger partial charge in [-0.1, -0.05) is 24.3 Å². The van der Waals surface area contributed by atoms with E-state index in [4.69, 9.17) is 4.74 Å². The minimum Gasteiger partial charge on any atom is -0.495 e. The average Bonchev–Trinajstić information content (AvgIpc) is 3.05. The SMILES string of the molecule is COc1ccccc1NC(=O)C(=O)Nc1cccc2c1CCC2. The molecule has 0 aromatic heterocycles. The molecule has 1 aliphatic carbocycles. The molecule has 5 nitrogen and oxygen atoms in total. The summed E-state index contributed by atoms with van der Waals surface area (Å²) in [5, 5.41) is 5.28. The molecule has 0 unspecified atom stereocenters. The first-order valence-corrected chi connectivity index (χ1v) is 7.55. The first-order chi connectivity index (χ1) is 11.2. The molecule has 2 aromatic rings. The summed E-state index contributed by atoms with van der Waals surface area (Å²) in [5.74, 6) is -0.893. The molecule has 5 heteroatoms. The fourth-order valence-corrected chi connectivity index (χ4v) is 2.84. The second kappa shape index (κ2) is 6.52. The van der Waals surface area contributed by atoms with E-state index in [1.54, 1.807) is 24.3 Å². The van der Waals surface area contributed by atoms with Gasteiger partial charge in [-0.2, -0.15) is 0 Å². The van der Waals surface area contributed by atoms with Gasteiger partial charge in [-0.3, -0.25) is 9.59 Å². The fourth-order valence-electron chi connectivity index (χ4n) is 2.84. The lowest BCUT2D eigenvalue weighted by Crippen LogP contribution is -2.29. The Kier molecular flexibility index (Phi) is 4.28. The van der Waals surface area contributed by atoms with Crippen LogP contribution in [0.15, 0.2) is 42.5 Å². The summed E-state index contributed by atoms with van der Waals surface area (Å²) in [5.41, 5.74) is 3.56. The highest BCUT2D eigenvalue weighted by Gasteiger charge is 2.20. The van der Waals surface area contributed by atoms with Crippen LogP contribution in [-0.2, 0) is 22.4 Å². The van der Waals surface area contributed by atoms with Crippen LogP contribution >= 0.6 is 0 Å².